The van der Waals surface area contributed by atoms with Gasteiger partial charge in [0.2, 0.25) is 0 Å². The molecule has 3 N–H and O–H groups in total. The third kappa shape index (κ3) is 3.22. The number of halogens is 1. The molecule has 0 fully saturated rings. The van der Waals surface area contributed by atoms with Crippen LogP contribution in [0.25, 0.3) is 0 Å². The molecule has 0 saturated heterocycles. The van der Waals surface area contributed by atoms with Gasteiger partial charge in [0.25, 0.3) is 0 Å². The Hall–Kier alpha value is -1.29. The molecule has 78 valence electrons. The van der Waals surface area contributed by atoms with Gasteiger partial charge in [-0.3, -0.25) is 0 Å². The van der Waals surface area contributed by atoms with Gasteiger partial charge in [-0.15, -0.1) is 0 Å². The van der Waals surface area contributed by atoms with Crippen molar-refractivity contribution < 1.29 is 9.13 Å². The molecule has 0 spiro atoms. The van der Waals surface area contributed by atoms with Gasteiger partial charge in [-0.25, -0.2) is 4.39 Å². The maximum atomic E-state index is 13.2. The number of anilines is 2. The number of nitrogen functional groups attached to an aromatic ring is 1. The van der Waals surface area contributed by atoms with E-state index in [1.54, 1.807) is 19.2 Å². The first-order valence-corrected chi connectivity index (χ1v) is 4.52. The molecule has 0 radical (unpaired) electrons. The summed E-state index contributed by atoms with van der Waals surface area (Å²) >= 11 is 0. The Labute approximate surface area is 83.1 Å². The minimum atomic E-state index is -0.317. The van der Waals surface area contributed by atoms with Gasteiger partial charge in [0.05, 0.1) is 5.69 Å². The fraction of sp³-hybridized carbons (Fsp3) is 0.400. The van der Waals surface area contributed by atoms with Gasteiger partial charge in [-0.05, 0) is 24.6 Å². The summed E-state index contributed by atoms with van der Waals surface area (Å²) in [6, 6.07) is 4.61. The molecule has 0 atom stereocenters. The molecule has 3 nitrogen and oxygen atoms in total. The summed E-state index contributed by atoms with van der Waals surface area (Å²) in [5, 5.41) is 2.96. The number of nitrogens with one attached hydrogen (secondary N) is 1. The Morgan fingerprint density at radius 1 is 1.50 bits per heavy atom. The number of methoxy groups -OCH3 is 1. The average molecular weight is 198 g/mol. The summed E-state index contributed by atoms with van der Waals surface area (Å²) in [5.74, 6) is -0.317. The molecule has 1 aromatic carbocycles. The van der Waals surface area contributed by atoms with E-state index in [1.807, 2.05) is 0 Å². The third-order valence-electron chi connectivity index (χ3n) is 1.83. The fourth-order valence-corrected chi connectivity index (χ4v) is 1.11. The number of ether oxygens (including phenoxy) is 1. The quantitative estimate of drug-likeness (QED) is 0.560. The molecular formula is C10H15FN2O. The van der Waals surface area contributed by atoms with Crippen LogP contribution in [0.5, 0.6) is 0 Å². The van der Waals surface area contributed by atoms with Gasteiger partial charge in [0.15, 0.2) is 0 Å². The second kappa shape index (κ2) is 5.44. The Bertz CT molecular complexity index is 291. The van der Waals surface area contributed by atoms with Crippen molar-refractivity contribution in [1.29, 1.82) is 0 Å². The fourth-order valence-electron chi connectivity index (χ4n) is 1.11. The Balaban J connectivity index is 2.42. The lowest BCUT2D eigenvalue weighted by Crippen LogP contribution is -2.06. The molecule has 1 rings (SSSR count). The second-order valence-corrected chi connectivity index (χ2v) is 3.01. The van der Waals surface area contributed by atoms with E-state index in [-0.39, 0.29) is 5.82 Å². The van der Waals surface area contributed by atoms with Crippen LogP contribution in [0.3, 0.4) is 0 Å². The monoisotopic (exact) mass is 198 g/mol. The zero-order valence-corrected chi connectivity index (χ0v) is 8.22. The van der Waals surface area contributed by atoms with E-state index in [0.29, 0.717) is 24.5 Å². The summed E-state index contributed by atoms with van der Waals surface area (Å²) in [6.45, 7) is 1.36. The van der Waals surface area contributed by atoms with Crippen LogP contribution in [0.4, 0.5) is 15.8 Å². The average Bonchev–Trinajstić information content (AvgIpc) is 2.15. The highest BCUT2D eigenvalue weighted by Gasteiger charge is 2.00. The van der Waals surface area contributed by atoms with Crippen LogP contribution in [-0.4, -0.2) is 20.3 Å². The van der Waals surface area contributed by atoms with Crippen LogP contribution in [0.15, 0.2) is 18.2 Å². The van der Waals surface area contributed by atoms with Gasteiger partial charge >= 0.3 is 0 Å². The van der Waals surface area contributed by atoms with Crippen molar-refractivity contribution in [2.45, 2.75) is 6.42 Å². The van der Waals surface area contributed by atoms with Crippen molar-refractivity contribution in [2.75, 3.05) is 31.3 Å². The number of hydrogen-bond donors (Lipinski definition) is 2. The standard InChI is InChI=1S/C10H15FN2O/c1-14-6-2-5-13-10-4-3-8(12)7-9(10)11/h3-4,7,13H,2,5-6,12H2,1H3. The lowest BCUT2D eigenvalue weighted by molar-refractivity contribution is 0.197. The number of nitrogens with two attached hydrogens (primary N) is 1. The van der Waals surface area contributed by atoms with E-state index in [0.717, 1.165) is 6.42 Å². The number of benzene rings is 1. The highest BCUT2D eigenvalue weighted by Crippen LogP contribution is 2.16. The summed E-state index contributed by atoms with van der Waals surface area (Å²) in [6.07, 6.45) is 0.848. The van der Waals surface area contributed by atoms with E-state index in [1.165, 1.54) is 6.07 Å². The van der Waals surface area contributed by atoms with Crippen LogP contribution in [0.1, 0.15) is 6.42 Å². The van der Waals surface area contributed by atoms with Crippen LogP contribution in [-0.2, 0) is 4.74 Å². The van der Waals surface area contributed by atoms with Crippen LogP contribution >= 0.6 is 0 Å². The van der Waals surface area contributed by atoms with E-state index < -0.39 is 0 Å². The van der Waals surface area contributed by atoms with E-state index in [4.69, 9.17) is 10.5 Å². The Kier molecular flexibility index (Phi) is 4.19. The molecular weight excluding hydrogens is 183 g/mol. The Morgan fingerprint density at radius 3 is 2.93 bits per heavy atom. The lowest BCUT2D eigenvalue weighted by atomic mass is 10.2. The first kappa shape index (κ1) is 10.8. The minimum Gasteiger partial charge on any atom is -0.399 e. The van der Waals surface area contributed by atoms with Crippen LogP contribution < -0.4 is 11.1 Å². The molecule has 0 aliphatic rings. The Morgan fingerprint density at radius 2 is 2.29 bits per heavy atom. The largest absolute Gasteiger partial charge is 0.399 e. The summed E-state index contributed by atoms with van der Waals surface area (Å²) in [5.41, 5.74) is 6.33. The molecule has 14 heavy (non-hydrogen) atoms. The molecule has 1 aromatic rings. The van der Waals surface area contributed by atoms with Gasteiger partial charge in [0.1, 0.15) is 5.82 Å². The SMILES string of the molecule is COCCCNc1ccc(N)cc1F. The highest BCUT2D eigenvalue weighted by molar-refractivity contribution is 5.52. The highest BCUT2D eigenvalue weighted by atomic mass is 19.1. The molecule has 0 unspecified atom stereocenters. The van der Waals surface area contributed by atoms with Gasteiger partial charge in [0, 0.05) is 25.9 Å². The maximum absolute atomic E-state index is 13.2. The predicted octanol–water partition coefficient (Wildman–Crippen LogP) is 1.86. The summed E-state index contributed by atoms with van der Waals surface area (Å²) in [4.78, 5) is 0. The normalized spacial score (nSPS) is 10.1. The van der Waals surface area contributed by atoms with E-state index in [9.17, 15) is 4.39 Å². The second-order valence-electron chi connectivity index (χ2n) is 3.01. The maximum Gasteiger partial charge on any atom is 0.148 e. The molecule has 0 heterocycles. The van der Waals surface area contributed by atoms with Crippen molar-refractivity contribution in [3.8, 4) is 0 Å². The molecule has 4 heteroatoms. The van der Waals surface area contributed by atoms with Crippen molar-refractivity contribution in [1.82, 2.24) is 0 Å². The van der Waals surface area contributed by atoms with Gasteiger partial charge in [-0.2, -0.15) is 0 Å². The molecule has 0 aromatic heterocycles. The van der Waals surface area contributed by atoms with Crippen molar-refractivity contribution in [3.05, 3.63) is 24.0 Å². The zero-order valence-electron chi connectivity index (χ0n) is 8.22. The predicted molar refractivity (Wildman–Crippen MR) is 55.8 cm³/mol. The van der Waals surface area contributed by atoms with E-state index in [2.05, 4.69) is 5.32 Å². The molecule has 0 amide bonds. The molecule has 0 bridgehead atoms. The first-order chi connectivity index (χ1) is 6.74. The number of hydrogen-bond acceptors (Lipinski definition) is 3. The summed E-state index contributed by atoms with van der Waals surface area (Å²) in [7, 11) is 1.64. The van der Waals surface area contributed by atoms with Crippen LogP contribution in [0.2, 0.25) is 0 Å². The van der Waals surface area contributed by atoms with Crippen molar-refractivity contribution in [2.24, 2.45) is 0 Å². The first-order valence-electron chi connectivity index (χ1n) is 4.52. The number of rotatable bonds is 5. The summed E-state index contributed by atoms with van der Waals surface area (Å²) < 4.78 is 18.1. The smallest absolute Gasteiger partial charge is 0.148 e. The zero-order chi connectivity index (χ0) is 10.4. The van der Waals surface area contributed by atoms with Gasteiger partial charge in [-0.1, -0.05) is 0 Å². The van der Waals surface area contributed by atoms with Crippen LogP contribution in [0, 0.1) is 5.82 Å². The lowest BCUT2D eigenvalue weighted by Gasteiger charge is -2.07. The van der Waals surface area contributed by atoms with Gasteiger partial charge < -0.3 is 15.8 Å². The molecule has 0 aliphatic heterocycles. The van der Waals surface area contributed by atoms with E-state index >= 15 is 0 Å². The van der Waals surface area contributed by atoms with Crippen molar-refractivity contribution in [3.63, 3.8) is 0 Å². The third-order valence-corrected chi connectivity index (χ3v) is 1.83. The molecule has 0 saturated carbocycles. The van der Waals surface area contributed by atoms with Crippen molar-refractivity contribution >= 4 is 11.4 Å². The minimum absolute atomic E-state index is 0.317. The topological polar surface area (TPSA) is 47.3 Å². The molecule has 0 aliphatic carbocycles.